The zero-order valence-electron chi connectivity index (χ0n) is 7.64. The zero-order valence-corrected chi connectivity index (χ0v) is 9.23. The van der Waals surface area contributed by atoms with E-state index in [4.69, 9.17) is 0 Å². The van der Waals surface area contributed by atoms with E-state index in [1.165, 1.54) is 12.1 Å². The predicted molar refractivity (Wildman–Crippen MR) is 54.1 cm³/mol. The Bertz CT molecular complexity index is 284. The van der Waals surface area contributed by atoms with E-state index in [0.717, 1.165) is 5.56 Å². The van der Waals surface area contributed by atoms with Gasteiger partial charge >= 0.3 is 0 Å². The van der Waals surface area contributed by atoms with Gasteiger partial charge in [0.25, 0.3) is 0 Å². The summed E-state index contributed by atoms with van der Waals surface area (Å²) in [5, 5.41) is 9.52. The molecule has 13 heavy (non-hydrogen) atoms. The maximum absolute atomic E-state index is 12.9. The number of hydrogen-bond acceptors (Lipinski definition) is 1. The van der Waals surface area contributed by atoms with Gasteiger partial charge in [0.2, 0.25) is 0 Å². The highest BCUT2D eigenvalue weighted by molar-refractivity contribution is 9.10. The normalized spacial score (nSPS) is 11.8. The molecule has 0 unspecified atom stereocenters. The lowest BCUT2D eigenvalue weighted by Crippen LogP contribution is -2.21. The predicted octanol–water partition coefficient (Wildman–Crippen LogP) is 2.90. The van der Waals surface area contributed by atoms with Crippen LogP contribution in [0.15, 0.2) is 22.7 Å². The second-order valence-corrected chi connectivity index (χ2v) is 4.68. The third-order valence-corrected chi connectivity index (χ3v) is 2.02. The first-order valence-electron chi connectivity index (χ1n) is 4.04. The van der Waals surface area contributed by atoms with Crippen molar-refractivity contribution in [3.8, 4) is 0 Å². The molecule has 0 radical (unpaired) electrons. The highest BCUT2D eigenvalue weighted by Crippen LogP contribution is 2.18. The first-order chi connectivity index (χ1) is 5.87. The molecular formula is C10H12BrFO. The Balaban J connectivity index is 2.90. The van der Waals surface area contributed by atoms with Gasteiger partial charge in [-0.1, -0.05) is 15.9 Å². The minimum Gasteiger partial charge on any atom is -0.390 e. The lowest BCUT2D eigenvalue weighted by atomic mass is 9.99. The molecule has 0 amide bonds. The minimum absolute atomic E-state index is 0.284. The molecule has 0 bridgehead atoms. The van der Waals surface area contributed by atoms with Crippen molar-refractivity contribution in [2.24, 2.45) is 0 Å². The lowest BCUT2D eigenvalue weighted by Gasteiger charge is -2.16. The van der Waals surface area contributed by atoms with Crippen LogP contribution in [-0.2, 0) is 6.42 Å². The van der Waals surface area contributed by atoms with Crippen molar-refractivity contribution in [3.05, 3.63) is 34.1 Å². The molecular weight excluding hydrogens is 235 g/mol. The number of benzene rings is 1. The Kier molecular flexibility index (Phi) is 3.09. The quantitative estimate of drug-likeness (QED) is 0.851. The van der Waals surface area contributed by atoms with Crippen LogP contribution in [0.25, 0.3) is 0 Å². The van der Waals surface area contributed by atoms with E-state index in [9.17, 15) is 9.50 Å². The Morgan fingerprint density at radius 2 is 2.00 bits per heavy atom. The molecule has 0 aliphatic rings. The van der Waals surface area contributed by atoms with Crippen molar-refractivity contribution >= 4 is 15.9 Å². The van der Waals surface area contributed by atoms with Gasteiger partial charge in [-0.15, -0.1) is 0 Å². The summed E-state index contributed by atoms with van der Waals surface area (Å²) in [7, 11) is 0. The van der Waals surface area contributed by atoms with Crippen molar-refractivity contribution in [1.82, 2.24) is 0 Å². The molecule has 72 valence electrons. The average Bonchev–Trinajstić information content (AvgIpc) is 1.78. The standard InChI is InChI=1S/C10H12BrFO/c1-10(2,13)6-7-3-8(11)5-9(12)4-7/h3-5,13H,6H2,1-2H3. The summed E-state index contributed by atoms with van der Waals surface area (Å²) in [6.07, 6.45) is 0.448. The van der Waals surface area contributed by atoms with Crippen LogP contribution >= 0.6 is 15.9 Å². The van der Waals surface area contributed by atoms with E-state index >= 15 is 0 Å². The molecule has 0 saturated heterocycles. The summed E-state index contributed by atoms with van der Waals surface area (Å²) in [6.45, 7) is 3.40. The zero-order chi connectivity index (χ0) is 10.1. The fourth-order valence-corrected chi connectivity index (χ4v) is 1.73. The van der Waals surface area contributed by atoms with E-state index in [1.807, 2.05) is 0 Å². The van der Waals surface area contributed by atoms with Crippen molar-refractivity contribution in [1.29, 1.82) is 0 Å². The van der Waals surface area contributed by atoms with Gasteiger partial charge in [0.15, 0.2) is 0 Å². The Morgan fingerprint density at radius 1 is 1.38 bits per heavy atom. The second-order valence-electron chi connectivity index (χ2n) is 3.77. The van der Waals surface area contributed by atoms with Crippen LogP contribution in [-0.4, -0.2) is 10.7 Å². The van der Waals surface area contributed by atoms with Crippen LogP contribution in [0, 0.1) is 5.82 Å². The van der Waals surface area contributed by atoms with Gasteiger partial charge in [0.05, 0.1) is 5.60 Å². The highest BCUT2D eigenvalue weighted by Gasteiger charge is 2.14. The molecule has 1 aromatic rings. The van der Waals surface area contributed by atoms with Crippen LogP contribution in [0.5, 0.6) is 0 Å². The molecule has 0 aliphatic carbocycles. The largest absolute Gasteiger partial charge is 0.390 e. The van der Waals surface area contributed by atoms with E-state index in [0.29, 0.717) is 10.9 Å². The van der Waals surface area contributed by atoms with Crippen molar-refractivity contribution < 1.29 is 9.50 Å². The first-order valence-corrected chi connectivity index (χ1v) is 4.83. The van der Waals surface area contributed by atoms with E-state index in [1.54, 1.807) is 19.9 Å². The Hall–Kier alpha value is -0.410. The smallest absolute Gasteiger partial charge is 0.124 e. The lowest BCUT2D eigenvalue weighted by molar-refractivity contribution is 0.0809. The Morgan fingerprint density at radius 3 is 2.46 bits per heavy atom. The third kappa shape index (κ3) is 3.87. The molecule has 3 heteroatoms. The molecule has 1 aromatic carbocycles. The van der Waals surface area contributed by atoms with E-state index in [2.05, 4.69) is 15.9 Å². The molecule has 1 rings (SSSR count). The molecule has 1 nitrogen and oxygen atoms in total. The van der Waals surface area contributed by atoms with Crippen LogP contribution in [0.3, 0.4) is 0 Å². The van der Waals surface area contributed by atoms with Crippen molar-refractivity contribution in [2.45, 2.75) is 25.9 Å². The summed E-state index contributed by atoms with van der Waals surface area (Å²) in [4.78, 5) is 0. The van der Waals surface area contributed by atoms with Gasteiger partial charge in [-0.2, -0.15) is 0 Å². The molecule has 0 spiro atoms. The SMILES string of the molecule is CC(C)(O)Cc1cc(F)cc(Br)c1. The van der Waals surface area contributed by atoms with Crippen molar-refractivity contribution in [2.75, 3.05) is 0 Å². The first kappa shape index (κ1) is 10.7. The average molecular weight is 247 g/mol. The van der Waals surface area contributed by atoms with Gasteiger partial charge in [-0.05, 0) is 37.6 Å². The summed E-state index contributed by atoms with van der Waals surface area (Å²) < 4.78 is 13.6. The van der Waals surface area contributed by atoms with E-state index in [-0.39, 0.29) is 5.82 Å². The molecule has 1 N–H and O–H groups in total. The summed E-state index contributed by atoms with van der Waals surface area (Å²) in [6, 6.07) is 4.64. The molecule has 0 fully saturated rings. The Labute approximate surface area is 85.7 Å². The number of rotatable bonds is 2. The monoisotopic (exact) mass is 246 g/mol. The van der Waals surface area contributed by atoms with Crippen molar-refractivity contribution in [3.63, 3.8) is 0 Å². The van der Waals surface area contributed by atoms with Gasteiger partial charge in [0, 0.05) is 10.9 Å². The highest BCUT2D eigenvalue weighted by atomic mass is 79.9. The molecule has 0 aromatic heterocycles. The second kappa shape index (κ2) is 3.76. The fraction of sp³-hybridized carbons (Fsp3) is 0.400. The van der Waals surface area contributed by atoms with Crippen LogP contribution < -0.4 is 0 Å². The molecule has 0 saturated carbocycles. The number of aliphatic hydroxyl groups is 1. The van der Waals surface area contributed by atoms with Crippen LogP contribution in [0.1, 0.15) is 19.4 Å². The maximum Gasteiger partial charge on any atom is 0.124 e. The summed E-state index contributed by atoms with van der Waals surface area (Å²) >= 11 is 3.20. The molecule has 0 aliphatic heterocycles. The molecule has 0 heterocycles. The van der Waals surface area contributed by atoms with E-state index < -0.39 is 5.60 Å². The number of hydrogen-bond donors (Lipinski definition) is 1. The third-order valence-electron chi connectivity index (χ3n) is 1.56. The number of halogens is 2. The van der Waals surface area contributed by atoms with Gasteiger partial charge in [-0.3, -0.25) is 0 Å². The van der Waals surface area contributed by atoms with Crippen LogP contribution in [0.2, 0.25) is 0 Å². The van der Waals surface area contributed by atoms with Crippen LogP contribution in [0.4, 0.5) is 4.39 Å². The fourth-order valence-electron chi connectivity index (χ4n) is 1.21. The topological polar surface area (TPSA) is 20.2 Å². The molecule has 0 atom stereocenters. The maximum atomic E-state index is 12.9. The minimum atomic E-state index is -0.798. The summed E-state index contributed by atoms with van der Waals surface area (Å²) in [5.74, 6) is -0.284. The van der Waals surface area contributed by atoms with Gasteiger partial charge in [-0.25, -0.2) is 4.39 Å². The van der Waals surface area contributed by atoms with Gasteiger partial charge in [0.1, 0.15) is 5.82 Å². The van der Waals surface area contributed by atoms with Gasteiger partial charge < -0.3 is 5.11 Å². The summed E-state index contributed by atoms with van der Waals surface area (Å²) in [5.41, 5.74) is -0.00729.